The van der Waals surface area contributed by atoms with Crippen molar-refractivity contribution in [2.45, 2.75) is 58.3 Å². The van der Waals surface area contributed by atoms with Crippen LogP contribution in [0.25, 0.3) is 5.53 Å². The van der Waals surface area contributed by atoms with Crippen molar-refractivity contribution in [3.8, 4) is 5.75 Å². The molecule has 0 N–H and O–H groups in total. The van der Waals surface area contributed by atoms with Gasteiger partial charge in [-0.2, -0.15) is 4.79 Å². The maximum atomic E-state index is 12.1. The SMILES string of the molecule is CCCCCCOc1c(C)cc(S(=O)(=O)C=[N+]=[N-])c(C)c1C. The summed E-state index contributed by atoms with van der Waals surface area (Å²) >= 11 is 0. The Morgan fingerprint density at radius 1 is 1.18 bits per heavy atom. The Hall–Kier alpha value is -1.65. The number of nitrogens with zero attached hydrogens (tertiary/aromatic N) is 2. The van der Waals surface area contributed by atoms with Crippen LogP contribution in [-0.4, -0.2) is 25.4 Å². The van der Waals surface area contributed by atoms with E-state index >= 15 is 0 Å². The van der Waals surface area contributed by atoms with Gasteiger partial charge < -0.3 is 10.3 Å². The molecule has 0 aliphatic carbocycles. The monoisotopic (exact) mass is 324 g/mol. The van der Waals surface area contributed by atoms with Gasteiger partial charge in [0.1, 0.15) is 5.75 Å². The lowest BCUT2D eigenvalue weighted by Gasteiger charge is -2.16. The predicted octanol–water partition coefficient (Wildman–Crippen LogP) is 3.60. The van der Waals surface area contributed by atoms with Gasteiger partial charge in [0.2, 0.25) is 0 Å². The summed E-state index contributed by atoms with van der Waals surface area (Å²) in [6.45, 7) is 8.19. The van der Waals surface area contributed by atoms with E-state index in [4.69, 9.17) is 10.3 Å². The van der Waals surface area contributed by atoms with Gasteiger partial charge in [0.05, 0.1) is 11.5 Å². The van der Waals surface area contributed by atoms with Crippen molar-refractivity contribution in [2.75, 3.05) is 6.61 Å². The molecule has 0 saturated heterocycles. The van der Waals surface area contributed by atoms with Crippen molar-refractivity contribution in [3.63, 3.8) is 0 Å². The third kappa shape index (κ3) is 4.42. The second-order valence-electron chi connectivity index (χ2n) is 5.45. The molecule has 0 aliphatic rings. The molecule has 0 spiro atoms. The Labute approximate surface area is 132 Å². The average Bonchev–Trinajstić information content (AvgIpc) is 2.45. The van der Waals surface area contributed by atoms with Crippen LogP contribution in [0.15, 0.2) is 11.0 Å². The van der Waals surface area contributed by atoms with Crippen molar-refractivity contribution < 1.29 is 17.9 Å². The molecule has 122 valence electrons. The lowest BCUT2D eigenvalue weighted by atomic mass is 10.1. The lowest BCUT2D eigenvalue weighted by Crippen LogP contribution is -2.09. The highest BCUT2D eigenvalue weighted by atomic mass is 32.2. The third-order valence-corrected chi connectivity index (χ3v) is 5.12. The molecule has 0 unspecified atom stereocenters. The van der Waals surface area contributed by atoms with E-state index in [0.717, 1.165) is 29.7 Å². The van der Waals surface area contributed by atoms with E-state index < -0.39 is 9.84 Å². The molecule has 0 aliphatic heterocycles. The largest absolute Gasteiger partial charge is 0.493 e. The summed E-state index contributed by atoms with van der Waals surface area (Å²) in [5, 5.41) is 0. The predicted molar refractivity (Wildman–Crippen MR) is 87.2 cm³/mol. The smallest absolute Gasteiger partial charge is 0.374 e. The minimum Gasteiger partial charge on any atom is -0.493 e. The molecule has 0 aromatic heterocycles. The van der Waals surface area contributed by atoms with Crippen LogP contribution in [0.5, 0.6) is 5.75 Å². The summed E-state index contributed by atoms with van der Waals surface area (Å²) in [5.74, 6) is 0.744. The molecule has 0 bridgehead atoms. The Balaban J connectivity index is 3.05. The minimum absolute atomic E-state index is 0.152. The highest BCUT2D eigenvalue weighted by Gasteiger charge is 2.23. The molecule has 1 aromatic rings. The van der Waals surface area contributed by atoms with Gasteiger partial charge in [-0.3, -0.25) is 0 Å². The number of sulfone groups is 1. The van der Waals surface area contributed by atoms with Gasteiger partial charge in [-0.25, -0.2) is 8.42 Å². The Bertz CT molecular complexity index is 675. The quantitative estimate of drug-likeness (QED) is 0.241. The first-order valence-electron chi connectivity index (χ1n) is 7.51. The van der Waals surface area contributed by atoms with Crippen LogP contribution in [0.3, 0.4) is 0 Å². The van der Waals surface area contributed by atoms with Gasteiger partial charge in [0, 0.05) is 0 Å². The number of aryl methyl sites for hydroxylation is 1. The molecule has 0 atom stereocenters. The van der Waals surface area contributed by atoms with Crippen LogP contribution in [0.2, 0.25) is 0 Å². The summed E-state index contributed by atoms with van der Waals surface area (Å²) in [5.41, 5.74) is 11.2. The lowest BCUT2D eigenvalue weighted by molar-refractivity contribution is 0.00753. The zero-order valence-corrected chi connectivity index (χ0v) is 14.5. The third-order valence-electron chi connectivity index (χ3n) is 3.72. The van der Waals surface area contributed by atoms with Crippen molar-refractivity contribution in [2.24, 2.45) is 0 Å². The van der Waals surface area contributed by atoms with Crippen LogP contribution in [0.1, 0.15) is 49.3 Å². The zero-order valence-electron chi connectivity index (χ0n) is 13.7. The van der Waals surface area contributed by atoms with Crippen molar-refractivity contribution in [3.05, 3.63) is 28.3 Å². The van der Waals surface area contributed by atoms with E-state index in [2.05, 4.69) is 11.7 Å². The Morgan fingerprint density at radius 2 is 1.86 bits per heavy atom. The average molecular weight is 324 g/mol. The Kier molecular flexibility index (Phi) is 6.78. The van der Waals surface area contributed by atoms with E-state index in [1.54, 1.807) is 13.0 Å². The number of ether oxygens (including phenoxy) is 1. The molecule has 1 aromatic carbocycles. The zero-order chi connectivity index (χ0) is 16.8. The summed E-state index contributed by atoms with van der Waals surface area (Å²) < 4.78 is 29.9. The van der Waals surface area contributed by atoms with Crippen molar-refractivity contribution >= 4 is 15.4 Å². The van der Waals surface area contributed by atoms with Crippen LogP contribution in [0, 0.1) is 20.8 Å². The van der Waals surface area contributed by atoms with Gasteiger partial charge in [-0.15, -0.1) is 0 Å². The fraction of sp³-hybridized carbons (Fsp3) is 0.562. The molecule has 5 nitrogen and oxygen atoms in total. The number of rotatable bonds is 8. The molecule has 0 radical (unpaired) electrons. The molecule has 0 fully saturated rings. The van der Waals surface area contributed by atoms with Gasteiger partial charge >= 0.3 is 5.55 Å². The number of hydrogen-bond donors (Lipinski definition) is 0. The maximum Gasteiger partial charge on any atom is 0.374 e. The van der Waals surface area contributed by atoms with E-state index in [1.807, 2.05) is 13.8 Å². The maximum absolute atomic E-state index is 12.1. The van der Waals surface area contributed by atoms with Crippen LogP contribution in [0.4, 0.5) is 0 Å². The molecule has 1 rings (SSSR count). The van der Waals surface area contributed by atoms with Crippen molar-refractivity contribution in [1.82, 2.24) is 0 Å². The fourth-order valence-electron chi connectivity index (χ4n) is 2.36. The molecule has 0 heterocycles. The molecule has 22 heavy (non-hydrogen) atoms. The summed E-state index contributed by atoms with van der Waals surface area (Å²) in [6.07, 6.45) is 4.49. The summed E-state index contributed by atoms with van der Waals surface area (Å²) in [6, 6.07) is 1.57. The van der Waals surface area contributed by atoms with Gasteiger partial charge in [-0.1, -0.05) is 26.2 Å². The van der Waals surface area contributed by atoms with E-state index in [-0.39, 0.29) is 4.90 Å². The highest BCUT2D eigenvalue weighted by Crippen LogP contribution is 2.31. The second kappa shape index (κ2) is 8.11. The molecule has 6 heteroatoms. The Morgan fingerprint density at radius 3 is 2.45 bits per heavy atom. The van der Waals surface area contributed by atoms with Gasteiger partial charge in [-0.05, 0) is 49.9 Å². The fourth-order valence-corrected chi connectivity index (χ4v) is 3.52. The molecule has 0 saturated carbocycles. The molecular weight excluding hydrogens is 300 g/mol. The van der Waals surface area contributed by atoms with E-state index in [0.29, 0.717) is 17.7 Å². The normalized spacial score (nSPS) is 11.1. The second-order valence-corrected chi connectivity index (χ2v) is 7.19. The number of hydrogen-bond acceptors (Lipinski definition) is 3. The number of benzene rings is 1. The van der Waals surface area contributed by atoms with Gasteiger partial charge in [0.15, 0.2) is 0 Å². The topological polar surface area (TPSA) is 79.8 Å². The van der Waals surface area contributed by atoms with Crippen LogP contribution >= 0.6 is 0 Å². The van der Waals surface area contributed by atoms with Crippen molar-refractivity contribution in [1.29, 1.82) is 0 Å². The summed E-state index contributed by atoms with van der Waals surface area (Å²) in [4.78, 5) is 2.79. The minimum atomic E-state index is -3.73. The summed E-state index contributed by atoms with van der Waals surface area (Å²) in [7, 11) is -3.73. The first-order valence-corrected chi connectivity index (χ1v) is 9.05. The first kappa shape index (κ1) is 18.4. The first-order chi connectivity index (χ1) is 10.3. The van der Waals surface area contributed by atoms with Gasteiger partial charge in [0.25, 0.3) is 9.84 Å². The highest BCUT2D eigenvalue weighted by molar-refractivity contribution is 8.04. The number of unbranched alkanes of at least 4 members (excludes halogenated alkanes) is 3. The van der Waals surface area contributed by atoms with E-state index in [9.17, 15) is 8.42 Å². The molecular formula is C16H24N2O3S. The molecule has 0 amide bonds. The van der Waals surface area contributed by atoms with Crippen LogP contribution < -0.4 is 4.74 Å². The van der Waals surface area contributed by atoms with Crippen LogP contribution in [-0.2, 0) is 9.84 Å². The van der Waals surface area contributed by atoms with E-state index in [1.165, 1.54) is 12.8 Å². The standard InChI is InChI=1S/C16H24N2O3S/c1-5-6-7-8-9-21-16-12(2)10-15(13(3)14(16)4)22(19,20)11-18-17/h10-11H,5-9H2,1-4H3.